The van der Waals surface area contributed by atoms with Crippen LogP contribution in [0.25, 0.3) is 5.76 Å². The van der Waals surface area contributed by atoms with Crippen molar-refractivity contribution in [3.05, 3.63) is 46.2 Å². The molecule has 6 N–H and O–H groups in total. The first-order valence-electron chi connectivity index (χ1n) is 12.8. The lowest BCUT2D eigenvalue weighted by Gasteiger charge is -2.53. The first-order valence-corrected chi connectivity index (χ1v) is 13.8. The minimum Gasteiger partial charge on any atom is -0.508 e. The molecule has 0 aromatic heterocycles. The Labute approximate surface area is 241 Å². The zero-order valence-electron chi connectivity index (χ0n) is 22.3. The Morgan fingerprint density at radius 3 is 2.30 bits per heavy atom. The maximum absolute atomic E-state index is 14.1. The number of phenolic OH excluding ortho intramolecular Hbond substituents is 1. The number of hydrogen-bond donors (Lipinski definition) is 6. The summed E-state index contributed by atoms with van der Waals surface area (Å²) in [5.41, 5.74) is -5.78. The molecule has 1 amide bonds. The van der Waals surface area contributed by atoms with Crippen LogP contribution >= 0.6 is 23.2 Å². The van der Waals surface area contributed by atoms with E-state index in [4.69, 9.17) is 23.2 Å². The second-order valence-corrected chi connectivity index (χ2v) is 11.5. The van der Waals surface area contributed by atoms with E-state index in [1.54, 1.807) is 4.90 Å². The number of hydrogen-bond acceptors (Lipinski definition) is 10. The Bertz CT molecular complexity index is 1300. The third kappa shape index (κ3) is 4.49. The number of fused-ring (bicyclic) bond motifs is 3. The van der Waals surface area contributed by atoms with Gasteiger partial charge in [0.15, 0.2) is 11.4 Å². The van der Waals surface area contributed by atoms with Gasteiger partial charge in [0.25, 0.3) is 5.91 Å². The summed E-state index contributed by atoms with van der Waals surface area (Å²) in [6.45, 7) is 2.10. The Morgan fingerprint density at radius 1 is 1.10 bits per heavy atom. The fourth-order valence-electron chi connectivity index (χ4n) is 6.26. The molecule has 4 rings (SSSR count). The van der Waals surface area contributed by atoms with Crippen molar-refractivity contribution >= 4 is 46.4 Å². The van der Waals surface area contributed by atoms with Gasteiger partial charge >= 0.3 is 0 Å². The molecular formula is C27H33Cl2N3O8. The summed E-state index contributed by atoms with van der Waals surface area (Å²) in [5, 5.41) is 59.0. The molecule has 11 nitrogen and oxygen atoms in total. The Hall–Kier alpha value is -2.67. The summed E-state index contributed by atoms with van der Waals surface area (Å²) in [5.74, 6) is -7.06. The molecule has 5 atom stereocenters. The van der Waals surface area contributed by atoms with Crippen LogP contribution in [0.3, 0.4) is 0 Å². The molecule has 0 bridgehead atoms. The van der Waals surface area contributed by atoms with Gasteiger partial charge in [0.1, 0.15) is 22.8 Å². The van der Waals surface area contributed by atoms with Gasteiger partial charge in [-0.1, -0.05) is 12.1 Å². The number of carbonyl (C=O) groups is 3. The smallest absolute Gasteiger partial charge is 0.259 e. The zero-order chi connectivity index (χ0) is 29.7. The van der Waals surface area contributed by atoms with Crippen LogP contribution in [0.1, 0.15) is 24.5 Å². The SMILES string of the molecule is CN(C)[C@@H]1C(=O)C(C(=O)NCN(CCCl)CCCl)=C(O)[C@]2(O)C(=O)C3=C(O)c4c(O)cccc4[C@@](C)(O)[C@H]3C[C@@H]12. The quantitative estimate of drug-likeness (QED) is 0.144. The van der Waals surface area contributed by atoms with E-state index in [-0.39, 0.29) is 36.0 Å². The molecule has 0 unspecified atom stereocenters. The molecule has 1 aromatic rings. The van der Waals surface area contributed by atoms with E-state index in [0.717, 1.165) is 0 Å². The number of carbonyl (C=O) groups excluding carboxylic acids is 3. The van der Waals surface area contributed by atoms with Gasteiger partial charge in [-0.05, 0) is 39.1 Å². The molecule has 218 valence electrons. The van der Waals surface area contributed by atoms with E-state index in [1.807, 2.05) is 0 Å². The van der Waals surface area contributed by atoms with E-state index in [0.29, 0.717) is 13.1 Å². The predicted octanol–water partition coefficient (Wildman–Crippen LogP) is 0.997. The van der Waals surface area contributed by atoms with Crippen LogP contribution in [0.4, 0.5) is 0 Å². The number of ketones is 2. The number of Topliss-reactive ketones (excluding diaryl/α,β-unsaturated/α-hetero) is 2. The summed E-state index contributed by atoms with van der Waals surface area (Å²) in [4.78, 5) is 44.2. The molecule has 1 saturated carbocycles. The number of aliphatic hydroxyl groups excluding tert-OH is 2. The molecule has 0 radical (unpaired) electrons. The summed E-state index contributed by atoms with van der Waals surface area (Å²) >= 11 is 11.6. The van der Waals surface area contributed by atoms with Crippen LogP contribution in [0.2, 0.25) is 0 Å². The van der Waals surface area contributed by atoms with E-state index < -0.39 is 75.0 Å². The van der Waals surface area contributed by atoms with Crippen molar-refractivity contribution < 1.29 is 39.9 Å². The minimum absolute atomic E-state index is 0.0717. The average Bonchev–Trinajstić information content (AvgIpc) is 2.88. The molecule has 3 aliphatic carbocycles. The van der Waals surface area contributed by atoms with Gasteiger partial charge in [-0.15, -0.1) is 23.2 Å². The number of aliphatic hydroxyl groups is 4. The van der Waals surface area contributed by atoms with Gasteiger partial charge in [-0.2, -0.15) is 0 Å². The van der Waals surface area contributed by atoms with E-state index in [2.05, 4.69) is 5.32 Å². The molecule has 0 saturated heterocycles. The number of alkyl halides is 2. The van der Waals surface area contributed by atoms with Gasteiger partial charge in [0.05, 0.1) is 23.9 Å². The molecule has 13 heteroatoms. The monoisotopic (exact) mass is 597 g/mol. The Kier molecular flexibility index (Phi) is 8.30. The van der Waals surface area contributed by atoms with Crippen LogP contribution in [-0.2, 0) is 20.0 Å². The Morgan fingerprint density at radius 2 is 1.73 bits per heavy atom. The summed E-state index contributed by atoms with van der Waals surface area (Å²) in [6, 6.07) is 3.02. The van der Waals surface area contributed by atoms with Gasteiger partial charge in [0.2, 0.25) is 5.78 Å². The average molecular weight is 598 g/mol. The molecule has 1 fully saturated rings. The number of likely N-dealkylation sites (N-methyl/N-ethyl adjacent to an activating group) is 1. The number of benzene rings is 1. The number of amides is 1. The van der Waals surface area contributed by atoms with Gasteiger partial charge in [-0.3, -0.25) is 24.2 Å². The van der Waals surface area contributed by atoms with E-state index in [1.165, 1.54) is 44.1 Å². The van der Waals surface area contributed by atoms with E-state index >= 15 is 0 Å². The third-order valence-electron chi connectivity index (χ3n) is 8.27. The van der Waals surface area contributed by atoms with Crippen molar-refractivity contribution in [3.8, 4) is 5.75 Å². The van der Waals surface area contributed by atoms with E-state index in [9.17, 15) is 39.9 Å². The first-order chi connectivity index (χ1) is 18.7. The number of nitrogens with zero attached hydrogens (tertiary/aromatic N) is 2. The highest BCUT2D eigenvalue weighted by molar-refractivity contribution is 6.25. The summed E-state index contributed by atoms with van der Waals surface area (Å²) in [7, 11) is 3.06. The molecule has 0 spiro atoms. The molecule has 1 aromatic carbocycles. The van der Waals surface area contributed by atoms with Crippen molar-refractivity contribution in [2.75, 3.05) is 45.6 Å². The van der Waals surface area contributed by atoms with Crippen LogP contribution in [0.15, 0.2) is 35.1 Å². The summed E-state index contributed by atoms with van der Waals surface area (Å²) < 4.78 is 0. The second-order valence-electron chi connectivity index (χ2n) is 10.8. The highest BCUT2D eigenvalue weighted by Crippen LogP contribution is 2.57. The number of phenols is 1. The molecule has 3 aliphatic rings. The predicted molar refractivity (Wildman–Crippen MR) is 147 cm³/mol. The van der Waals surface area contributed by atoms with Crippen LogP contribution in [-0.4, -0.2) is 110 Å². The van der Waals surface area contributed by atoms with Crippen molar-refractivity contribution in [2.24, 2.45) is 11.8 Å². The summed E-state index contributed by atoms with van der Waals surface area (Å²) in [6.07, 6.45) is -0.212. The van der Waals surface area contributed by atoms with Crippen molar-refractivity contribution in [2.45, 2.75) is 30.6 Å². The standard InChI is InChI=1S/C27H33Cl2N3O8/c1-26(39)13-5-4-6-16(33)17(13)21(34)18-14(26)11-15-20(31(2)3)22(35)19(24(37)27(15,40)23(18)36)25(38)30-12-32(9-7-28)10-8-29/h4-6,14-15,20,33-34,37,39-40H,7-12H2,1-3H3,(H,30,38)/t14-,15-,20-,26+,27+/m0/s1. The maximum atomic E-state index is 14.1. The number of aromatic hydroxyl groups is 1. The third-order valence-corrected chi connectivity index (χ3v) is 8.60. The van der Waals surface area contributed by atoms with Crippen molar-refractivity contribution in [1.29, 1.82) is 0 Å². The first kappa shape index (κ1) is 30.3. The fourth-order valence-corrected chi connectivity index (χ4v) is 6.74. The number of rotatable bonds is 8. The molecular weight excluding hydrogens is 565 g/mol. The van der Waals surface area contributed by atoms with Gasteiger partial charge in [-0.25, -0.2) is 0 Å². The molecule has 0 heterocycles. The van der Waals surface area contributed by atoms with Crippen LogP contribution in [0.5, 0.6) is 5.75 Å². The topological polar surface area (TPSA) is 171 Å². The van der Waals surface area contributed by atoms with Crippen LogP contribution in [0, 0.1) is 11.8 Å². The van der Waals surface area contributed by atoms with Crippen LogP contribution < -0.4 is 5.32 Å². The normalized spacial score (nSPS) is 30.0. The highest BCUT2D eigenvalue weighted by Gasteiger charge is 2.66. The molecule has 40 heavy (non-hydrogen) atoms. The fraction of sp³-hybridized carbons (Fsp3) is 0.519. The highest BCUT2D eigenvalue weighted by atomic mass is 35.5. The second kappa shape index (κ2) is 11.0. The van der Waals surface area contributed by atoms with Gasteiger partial charge < -0.3 is 30.8 Å². The van der Waals surface area contributed by atoms with Crippen molar-refractivity contribution in [1.82, 2.24) is 15.1 Å². The number of halogens is 2. The lowest BCUT2D eigenvalue weighted by atomic mass is 9.54. The largest absolute Gasteiger partial charge is 0.508 e. The lowest BCUT2D eigenvalue weighted by Crippen LogP contribution is -2.67. The van der Waals surface area contributed by atoms with Gasteiger partial charge in [0, 0.05) is 42.3 Å². The minimum atomic E-state index is -2.78. The number of nitrogens with one attached hydrogen (secondary N) is 1. The molecule has 0 aliphatic heterocycles. The maximum Gasteiger partial charge on any atom is 0.259 e. The van der Waals surface area contributed by atoms with Crippen molar-refractivity contribution in [3.63, 3.8) is 0 Å². The Balaban J connectivity index is 1.85. The lowest BCUT2D eigenvalue weighted by molar-refractivity contribution is -0.159. The zero-order valence-corrected chi connectivity index (χ0v) is 23.8.